The van der Waals surface area contributed by atoms with Gasteiger partial charge < -0.3 is 4.42 Å². The topological polar surface area (TPSA) is 56.7 Å². The maximum Gasteiger partial charge on any atom is 0.246 e. The molecule has 4 aromatic heterocycles. The molecule has 0 spiro atoms. The van der Waals surface area contributed by atoms with Crippen molar-refractivity contribution in [3.8, 4) is 11.1 Å². The number of fused-ring (bicyclic) bond motifs is 2. The molecule has 0 fully saturated rings. The van der Waals surface area contributed by atoms with Gasteiger partial charge in [0.05, 0.1) is 22.9 Å². The molecule has 4 aromatic rings. The highest BCUT2D eigenvalue weighted by Gasteiger charge is 2.13. The van der Waals surface area contributed by atoms with Crippen LogP contribution in [0.4, 0.5) is 0 Å². The van der Waals surface area contributed by atoms with Crippen LogP contribution in [0.15, 0.2) is 39.6 Å². The molecule has 4 heterocycles. The number of pyridine rings is 2. The molecule has 4 rings (SSSR count). The van der Waals surface area contributed by atoms with E-state index in [-0.39, 0.29) is 0 Å². The first-order chi connectivity index (χ1) is 10.1. The van der Waals surface area contributed by atoms with Gasteiger partial charge in [-0.05, 0) is 28.1 Å². The first kappa shape index (κ1) is 13.2. The summed E-state index contributed by atoms with van der Waals surface area (Å²) in [5.41, 5.74) is 4.32. The lowest BCUT2D eigenvalue weighted by molar-refractivity contribution is 0.551. The number of aromatic nitrogens is 4. The average molecular weight is 455 g/mol. The van der Waals surface area contributed by atoms with Crippen LogP contribution >= 0.6 is 38.8 Å². The van der Waals surface area contributed by atoms with Crippen LogP contribution in [-0.2, 0) is 0 Å². The van der Waals surface area contributed by atoms with Crippen LogP contribution in [-0.4, -0.2) is 17.7 Å². The van der Waals surface area contributed by atoms with Crippen molar-refractivity contribution in [1.29, 1.82) is 0 Å². The SMILES string of the molecule is Cc1nc2cc(-c3cn(I)c4ncc(Br)cc34)cnc2o1. The number of aryl methyl sites for hydroxylation is 1. The highest BCUT2D eigenvalue weighted by atomic mass is 127. The molecule has 0 bridgehead atoms. The largest absolute Gasteiger partial charge is 0.423 e. The van der Waals surface area contributed by atoms with E-state index >= 15 is 0 Å². The Labute approximate surface area is 142 Å². The van der Waals surface area contributed by atoms with Gasteiger partial charge in [0.15, 0.2) is 5.89 Å². The minimum atomic E-state index is 0.564. The van der Waals surface area contributed by atoms with Crippen molar-refractivity contribution in [2.24, 2.45) is 0 Å². The van der Waals surface area contributed by atoms with Gasteiger partial charge in [0.2, 0.25) is 5.71 Å². The fourth-order valence-electron chi connectivity index (χ4n) is 2.35. The molecule has 0 aliphatic rings. The fourth-order valence-corrected chi connectivity index (χ4v) is 3.35. The third-order valence-corrected chi connectivity index (χ3v) is 4.40. The second kappa shape index (κ2) is 4.77. The lowest BCUT2D eigenvalue weighted by Gasteiger charge is -1.98. The Morgan fingerprint density at radius 1 is 1.24 bits per heavy atom. The van der Waals surface area contributed by atoms with Gasteiger partial charge in [-0.3, -0.25) is 2.78 Å². The van der Waals surface area contributed by atoms with Gasteiger partial charge >= 0.3 is 0 Å². The Bertz CT molecular complexity index is 991. The summed E-state index contributed by atoms with van der Waals surface area (Å²) in [7, 11) is 0. The third kappa shape index (κ3) is 2.15. The number of hydrogen-bond acceptors (Lipinski definition) is 4. The zero-order valence-electron chi connectivity index (χ0n) is 10.8. The second-order valence-electron chi connectivity index (χ2n) is 4.66. The molecule has 0 N–H and O–H groups in total. The van der Waals surface area contributed by atoms with E-state index in [2.05, 4.69) is 59.8 Å². The normalized spacial score (nSPS) is 11.6. The van der Waals surface area contributed by atoms with Crippen LogP contribution in [0.3, 0.4) is 0 Å². The Kier molecular flexibility index (Phi) is 3.00. The van der Waals surface area contributed by atoms with Crippen molar-refractivity contribution >= 4 is 61.1 Å². The predicted molar refractivity (Wildman–Crippen MR) is 92.4 cm³/mol. The van der Waals surface area contributed by atoms with E-state index in [4.69, 9.17) is 4.42 Å². The molecule has 5 nitrogen and oxygen atoms in total. The van der Waals surface area contributed by atoms with Crippen LogP contribution in [0.1, 0.15) is 5.89 Å². The third-order valence-electron chi connectivity index (χ3n) is 3.23. The zero-order valence-corrected chi connectivity index (χ0v) is 14.6. The Hall–Kier alpha value is -1.48. The highest BCUT2D eigenvalue weighted by molar-refractivity contribution is 14.1. The van der Waals surface area contributed by atoms with E-state index in [0.717, 1.165) is 32.1 Å². The summed E-state index contributed by atoms with van der Waals surface area (Å²) in [4.78, 5) is 13.1. The van der Waals surface area contributed by atoms with Crippen LogP contribution in [0.5, 0.6) is 0 Å². The Morgan fingerprint density at radius 2 is 2.10 bits per heavy atom. The lowest BCUT2D eigenvalue weighted by atomic mass is 10.1. The van der Waals surface area contributed by atoms with Crippen molar-refractivity contribution in [2.75, 3.05) is 0 Å². The molecule has 0 saturated heterocycles. The molecule has 0 amide bonds. The van der Waals surface area contributed by atoms with Gasteiger partial charge in [-0.15, -0.1) is 0 Å². The molecule has 0 aromatic carbocycles. The van der Waals surface area contributed by atoms with Gasteiger partial charge in [-0.2, -0.15) is 0 Å². The molecule has 21 heavy (non-hydrogen) atoms. The first-order valence-corrected chi connectivity index (χ1v) is 7.94. The summed E-state index contributed by atoms with van der Waals surface area (Å²) >= 11 is 5.70. The molecular weight excluding hydrogens is 447 g/mol. The summed E-state index contributed by atoms with van der Waals surface area (Å²) in [6.07, 6.45) is 5.64. The van der Waals surface area contributed by atoms with Gasteiger partial charge in [0, 0.05) is 46.5 Å². The number of hydrogen-bond donors (Lipinski definition) is 0. The summed E-state index contributed by atoms with van der Waals surface area (Å²) in [5.74, 6) is 0.621. The van der Waals surface area contributed by atoms with Gasteiger partial charge in [0.1, 0.15) is 11.2 Å². The molecule has 0 radical (unpaired) electrons. The summed E-state index contributed by atoms with van der Waals surface area (Å²) < 4.78 is 8.35. The van der Waals surface area contributed by atoms with Crippen LogP contribution < -0.4 is 0 Å². The first-order valence-electron chi connectivity index (χ1n) is 6.18. The number of rotatable bonds is 1. The second-order valence-corrected chi connectivity index (χ2v) is 6.62. The quantitative estimate of drug-likeness (QED) is 0.397. The monoisotopic (exact) mass is 454 g/mol. The van der Waals surface area contributed by atoms with E-state index in [0.29, 0.717) is 11.6 Å². The van der Waals surface area contributed by atoms with Crippen molar-refractivity contribution in [3.05, 3.63) is 41.1 Å². The Morgan fingerprint density at radius 3 is 2.95 bits per heavy atom. The Balaban J connectivity index is 2.00. The minimum absolute atomic E-state index is 0.564. The molecule has 0 aliphatic heterocycles. The van der Waals surface area contributed by atoms with Crippen LogP contribution in [0, 0.1) is 6.92 Å². The van der Waals surface area contributed by atoms with Crippen LogP contribution in [0.25, 0.3) is 33.4 Å². The van der Waals surface area contributed by atoms with Crippen molar-refractivity contribution in [1.82, 2.24) is 17.7 Å². The van der Waals surface area contributed by atoms with Gasteiger partial charge in [0.25, 0.3) is 0 Å². The van der Waals surface area contributed by atoms with Crippen molar-refractivity contribution in [2.45, 2.75) is 6.92 Å². The molecule has 0 aliphatic carbocycles. The predicted octanol–water partition coefficient (Wildman–Crippen LogP) is 4.51. The highest BCUT2D eigenvalue weighted by Crippen LogP contribution is 2.33. The summed E-state index contributed by atoms with van der Waals surface area (Å²) in [5, 5.41) is 1.07. The maximum atomic E-state index is 5.42. The standard InChI is InChI=1S/C14H8BrIN4O/c1-7-19-12-2-8(4-18-14(12)21-7)11-6-20(16)13-10(11)3-9(15)5-17-13/h2-6H,1H3. The van der Waals surface area contributed by atoms with E-state index in [9.17, 15) is 0 Å². The smallest absolute Gasteiger partial charge is 0.246 e. The summed E-state index contributed by atoms with van der Waals surface area (Å²) in [6, 6.07) is 4.05. The number of nitrogens with zero attached hydrogens (tertiary/aromatic N) is 4. The van der Waals surface area contributed by atoms with E-state index in [1.165, 1.54) is 0 Å². The minimum Gasteiger partial charge on any atom is -0.423 e. The van der Waals surface area contributed by atoms with E-state index in [1.54, 1.807) is 12.4 Å². The molecule has 0 atom stereocenters. The number of oxazole rings is 1. The fraction of sp³-hybridized carbons (Fsp3) is 0.0714. The zero-order chi connectivity index (χ0) is 14.6. The van der Waals surface area contributed by atoms with Crippen LogP contribution in [0.2, 0.25) is 0 Å². The summed E-state index contributed by atoms with van der Waals surface area (Å²) in [6.45, 7) is 1.82. The van der Waals surface area contributed by atoms with E-state index < -0.39 is 0 Å². The van der Waals surface area contributed by atoms with Crippen molar-refractivity contribution in [3.63, 3.8) is 0 Å². The molecule has 0 saturated carbocycles. The van der Waals surface area contributed by atoms with Crippen molar-refractivity contribution < 1.29 is 4.42 Å². The molecule has 104 valence electrons. The van der Waals surface area contributed by atoms with E-state index in [1.807, 2.05) is 22.0 Å². The lowest BCUT2D eigenvalue weighted by Crippen LogP contribution is -1.81. The average Bonchev–Trinajstić information content (AvgIpc) is 2.97. The molecule has 0 unspecified atom stereocenters. The molecule has 7 heteroatoms. The van der Waals surface area contributed by atoms with Gasteiger partial charge in [-0.25, -0.2) is 15.0 Å². The molecular formula is C14H8BrIN4O. The number of halogens is 2. The maximum absolute atomic E-state index is 5.42. The van der Waals surface area contributed by atoms with Gasteiger partial charge in [-0.1, -0.05) is 0 Å².